The lowest BCUT2D eigenvalue weighted by molar-refractivity contribution is 0.340. The van der Waals surface area contributed by atoms with E-state index in [2.05, 4.69) is 17.6 Å². The summed E-state index contributed by atoms with van der Waals surface area (Å²) >= 11 is 0. The Kier molecular flexibility index (Phi) is 4.29. The Hall–Kier alpha value is -1.06. The number of nitrogens with one attached hydrogen (secondary N) is 1. The van der Waals surface area contributed by atoms with Crippen molar-refractivity contribution in [2.45, 2.75) is 13.3 Å². The van der Waals surface area contributed by atoms with E-state index in [1.165, 1.54) is 5.56 Å². The molecule has 0 radical (unpaired) electrons. The summed E-state index contributed by atoms with van der Waals surface area (Å²) < 4.78 is 5.32. The lowest BCUT2D eigenvalue weighted by atomic mass is 10.1. The molecule has 1 rings (SSSR count). The largest absolute Gasteiger partial charge is 0.494 e. The van der Waals surface area contributed by atoms with Gasteiger partial charge in [0, 0.05) is 6.54 Å². The van der Waals surface area contributed by atoms with Gasteiger partial charge in [-0.1, -0.05) is 12.1 Å². The van der Waals surface area contributed by atoms with Crippen molar-refractivity contribution in [2.24, 2.45) is 5.84 Å². The highest BCUT2D eigenvalue weighted by Gasteiger charge is 1.93. The van der Waals surface area contributed by atoms with Crippen LogP contribution in [0.4, 0.5) is 0 Å². The van der Waals surface area contributed by atoms with E-state index < -0.39 is 0 Å². The highest BCUT2D eigenvalue weighted by Crippen LogP contribution is 2.11. The first-order valence-electron chi connectivity index (χ1n) is 4.52. The third-order valence-electron chi connectivity index (χ3n) is 1.79. The van der Waals surface area contributed by atoms with E-state index in [1.807, 2.05) is 19.1 Å². The monoisotopic (exact) mass is 180 g/mol. The number of nitrogens with two attached hydrogens (primary N) is 1. The number of hydrogen-bond donors (Lipinski definition) is 2. The van der Waals surface area contributed by atoms with Crippen molar-refractivity contribution in [3.8, 4) is 5.75 Å². The van der Waals surface area contributed by atoms with Crippen LogP contribution in [-0.4, -0.2) is 13.2 Å². The van der Waals surface area contributed by atoms with Crippen molar-refractivity contribution in [3.63, 3.8) is 0 Å². The first kappa shape index (κ1) is 10.0. The Bertz CT molecular complexity index is 233. The zero-order valence-corrected chi connectivity index (χ0v) is 7.92. The maximum absolute atomic E-state index is 5.32. The summed E-state index contributed by atoms with van der Waals surface area (Å²) in [5.41, 5.74) is 3.89. The van der Waals surface area contributed by atoms with Crippen molar-refractivity contribution in [3.05, 3.63) is 29.8 Å². The van der Waals surface area contributed by atoms with E-state index in [-0.39, 0.29) is 0 Å². The SMILES string of the molecule is CCOc1ccc(CCNN)cc1. The van der Waals surface area contributed by atoms with E-state index in [0.29, 0.717) is 6.61 Å². The van der Waals surface area contributed by atoms with Crippen LogP contribution in [0.2, 0.25) is 0 Å². The van der Waals surface area contributed by atoms with E-state index >= 15 is 0 Å². The van der Waals surface area contributed by atoms with Gasteiger partial charge in [-0.2, -0.15) is 0 Å². The Morgan fingerprint density at radius 2 is 2.00 bits per heavy atom. The normalized spacial score (nSPS) is 10.0. The average molecular weight is 180 g/mol. The van der Waals surface area contributed by atoms with Crippen molar-refractivity contribution in [1.29, 1.82) is 0 Å². The zero-order chi connectivity index (χ0) is 9.52. The summed E-state index contributed by atoms with van der Waals surface area (Å²) in [4.78, 5) is 0. The van der Waals surface area contributed by atoms with Gasteiger partial charge in [-0.3, -0.25) is 11.3 Å². The molecule has 0 spiro atoms. The standard InChI is InChI=1S/C10H16N2O/c1-2-13-10-5-3-9(4-6-10)7-8-12-11/h3-6,12H,2,7-8,11H2,1H3. The highest BCUT2D eigenvalue weighted by atomic mass is 16.5. The minimum absolute atomic E-state index is 0.712. The fourth-order valence-corrected chi connectivity index (χ4v) is 1.14. The molecular formula is C10H16N2O. The van der Waals surface area contributed by atoms with Gasteiger partial charge in [-0.05, 0) is 31.0 Å². The molecule has 13 heavy (non-hydrogen) atoms. The first-order valence-corrected chi connectivity index (χ1v) is 4.52. The molecular weight excluding hydrogens is 164 g/mol. The Balaban J connectivity index is 2.48. The van der Waals surface area contributed by atoms with Crippen LogP contribution < -0.4 is 16.0 Å². The first-order chi connectivity index (χ1) is 6.36. The number of ether oxygens (including phenoxy) is 1. The Labute approximate surface area is 78.9 Å². The van der Waals surface area contributed by atoms with Gasteiger partial charge in [0.25, 0.3) is 0 Å². The molecule has 72 valence electrons. The average Bonchev–Trinajstić information content (AvgIpc) is 2.17. The summed E-state index contributed by atoms with van der Waals surface area (Å²) in [7, 11) is 0. The van der Waals surface area contributed by atoms with Gasteiger partial charge in [0.05, 0.1) is 6.61 Å². The van der Waals surface area contributed by atoms with Gasteiger partial charge in [0.2, 0.25) is 0 Å². The van der Waals surface area contributed by atoms with Crippen molar-refractivity contribution >= 4 is 0 Å². The topological polar surface area (TPSA) is 47.3 Å². The smallest absolute Gasteiger partial charge is 0.119 e. The number of benzene rings is 1. The molecule has 0 heterocycles. The maximum Gasteiger partial charge on any atom is 0.119 e. The zero-order valence-electron chi connectivity index (χ0n) is 7.92. The molecule has 0 unspecified atom stereocenters. The lowest BCUT2D eigenvalue weighted by Gasteiger charge is -2.04. The lowest BCUT2D eigenvalue weighted by Crippen LogP contribution is -2.24. The predicted molar refractivity (Wildman–Crippen MR) is 53.5 cm³/mol. The molecule has 0 fully saturated rings. The van der Waals surface area contributed by atoms with Gasteiger partial charge in [0.1, 0.15) is 5.75 Å². The van der Waals surface area contributed by atoms with Crippen LogP contribution in [0.3, 0.4) is 0 Å². The maximum atomic E-state index is 5.32. The predicted octanol–water partition coefficient (Wildman–Crippen LogP) is 1.09. The molecule has 3 nitrogen and oxygen atoms in total. The van der Waals surface area contributed by atoms with Gasteiger partial charge in [-0.25, -0.2) is 0 Å². The molecule has 0 saturated heterocycles. The van der Waals surface area contributed by atoms with Crippen molar-refractivity contribution < 1.29 is 4.74 Å². The van der Waals surface area contributed by atoms with Crippen LogP contribution in [0.5, 0.6) is 5.75 Å². The van der Waals surface area contributed by atoms with Crippen LogP contribution in [0.1, 0.15) is 12.5 Å². The molecule has 1 aromatic carbocycles. The van der Waals surface area contributed by atoms with Crippen LogP contribution in [0.25, 0.3) is 0 Å². The molecule has 0 saturated carbocycles. The van der Waals surface area contributed by atoms with Crippen LogP contribution >= 0.6 is 0 Å². The van der Waals surface area contributed by atoms with Gasteiger partial charge in [0.15, 0.2) is 0 Å². The number of hydrogen-bond acceptors (Lipinski definition) is 3. The summed E-state index contributed by atoms with van der Waals surface area (Å²) in [6.07, 6.45) is 0.947. The third-order valence-corrected chi connectivity index (χ3v) is 1.79. The second kappa shape index (κ2) is 5.56. The van der Waals surface area contributed by atoms with Crippen LogP contribution in [0.15, 0.2) is 24.3 Å². The molecule has 0 aliphatic carbocycles. The molecule has 0 amide bonds. The minimum Gasteiger partial charge on any atom is -0.494 e. The molecule has 0 aliphatic heterocycles. The van der Waals surface area contributed by atoms with E-state index in [4.69, 9.17) is 10.6 Å². The second-order valence-corrected chi connectivity index (χ2v) is 2.78. The minimum atomic E-state index is 0.712. The van der Waals surface area contributed by atoms with E-state index in [0.717, 1.165) is 18.7 Å². The van der Waals surface area contributed by atoms with E-state index in [1.54, 1.807) is 0 Å². The quantitative estimate of drug-likeness (QED) is 0.526. The Morgan fingerprint density at radius 1 is 1.31 bits per heavy atom. The number of hydrazine groups is 1. The molecule has 3 N–H and O–H groups in total. The highest BCUT2D eigenvalue weighted by molar-refractivity contribution is 5.27. The molecule has 0 bridgehead atoms. The fourth-order valence-electron chi connectivity index (χ4n) is 1.14. The van der Waals surface area contributed by atoms with Crippen molar-refractivity contribution in [2.75, 3.05) is 13.2 Å². The molecule has 3 heteroatoms. The van der Waals surface area contributed by atoms with Gasteiger partial charge < -0.3 is 4.74 Å². The van der Waals surface area contributed by atoms with Crippen LogP contribution in [0, 0.1) is 0 Å². The fraction of sp³-hybridized carbons (Fsp3) is 0.400. The summed E-state index contributed by atoms with van der Waals surface area (Å²) in [5.74, 6) is 6.10. The summed E-state index contributed by atoms with van der Waals surface area (Å²) in [6, 6.07) is 8.08. The van der Waals surface area contributed by atoms with Gasteiger partial charge >= 0.3 is 0 Å². The van der Waals surface area contributed by atoms with Gasteiger partial charge in [-0.15, -0.1) is 0 Å². The summed E-state index contributed by atoms with van der Waals surface area (Å²) in [5, 5.41) is 0. The molecule has 0 aliphatic rings. The van der Waals surface area contributed by atoms with Crippen LogP contribution in [-0.2, 0) is 6.42 Å². The number of rotatable bonds is 5. The summed E-state index contributed by atoms with van der Waals surface area (Å²) in [6.45, 7) is 3.49. The van der Waals surface area contributed by atoms with E-state index in [9.17, 15) is 0 Å². The molecule has 0 atom stereocenters. The third kappa shape index (κ3) is 3.44. The molecule has 1 aromatic rings. The molecule has 0 aromatic heterocycles. The second-order valence-electron chi connectivity index (χ2n) is 2.78. The van der Waals surface area contributed by atoms with Crippen molar-refractivity contribution in [1.82, 2.24) is 5.43 Å². The Morgan fingerprint density at radius 3 is 2.54 bits per heavy atom.